The molecule has 0 saturated heterocycles. The van der Waals surface area contributed by atoms with E-state index in [0.29, 0.717) is 0 Å². The number of aliphatic hydroxyl groups excluding tert-OH is 1. The van der Waals surface area contributed by atoms with Gasteiger partial charge in [0, 0.05) is 0 Å². The largest absolute Gasteiger partial charge is 0.466 e. The standard InChI is InChI=1S/C14H14FNO5/c1-2-21-11(18)6-8(17)7-16-12-9(13(19)14(16)20)4-3-5-10(12)15/h3-5,8,17H,2,6-7H2,1H3. The number of nitrogens with zero attached hydrogens (tertiary/aromatic N) is 1. The Labute approximate surface area is 120 Å². The molecule has 0 saturated carbocycles. The zero-order chi connectivity index (χ0) is 15.6. The number of para-hydroxylation sites is 1. The lowest BCUT2D eigenvalue weighted by Crippen LogP contribution is -2.38. The van der Waals surface area contributed by atoms with Crippen molar-refractivity contribution in [3.8, 4) is 0 Å². The molecule has 0 radical (unpaired) electrons. The van der Waals surface area contributed by atoms with Crippen LogP contribution in [-0.2, 0) is 14.3 Å². The maximum absolute atomic E-state index is 13.8. The fraction of sp³-hybridized carbons (Fsp3) is 0.357. The summed E-state index contributed by atoms with van der Waals surface area (Å²) in [4.78, 5) is 35.7. The minimum atomic E-state index is -1.24. The number of esters is 1. The number of ketones is 1. The minimum Gasteiger partial charge on any atom is -0.466 e. The molecule has 1 aliphatic heterocycles. The lowest BCUT2D eigenvalue weighted by Gasteiger charge is -2.20. The van der Waals surface area contributed by atoms with Gasteiger partial charge in [-0.1, -0.05) is 6.07 Å². The third-order valence-corrected chi connectivity index (χ3v) is 3.04. The number of aliphatic hydroxyl groups is 1. The summed E-state index contributed by atoms with van der Waals surface area (Å²) in [7, 11) is 0. The summed E-state index contributed by atoms with van der Waals surface area (Å²) in [6, 6.07) is 3.80. The van der Waals surface area contributed by atoms with Crippen LogP contribution in [-0.4, -0.2) is 42.0 Å². The molecule has 1 atom stereocenters. The van der Waals surface area contributed by atoms with Crippen LogP contribution in [0, 0.1) is 5.82 Å². The van der Waals surface area contributed by atoms with Crippen molar-refractivity contribution in [2.24, 2.45) is 0 Å². The Bertz CT molecular complexity index is 601. The van der Waals surface area contributed by atoms with Crippen molar-refractivity contribution < 1.29 is 28.6 Å². The number of anilines is 1. The van der Waals surface area contributed by atoms with Gasteiger partial charge in [-0.3, -0.25) is 19.3 Å². The smallest absolute Gasteiger partial charge is 0.308 e. The maximum Gasteiger partial charge on any atom is 0.308 e. The third kappa shape index (κ3) is 2.92. The van der Waals surface area contributed by atoms with Gasteiger partial charge in [0.25, 0.3) is 11.7 Å². The van der Waals surface area contributed by atoms with Gasteiger partial charge in [-0.2, -0.15) is 0 Å². The molecule has 1 aromatic carbocycles. The molecule has 112 valence electrons. The van der Waals surface area contributed by atoms with Crippen molar-refractivity contribution in [2.45, 2.75) is 19.4 Å². The van der Waals surface area contributed by atoms with E-state index in [9.17, 15) is 23.9 Å². The molecule has 1 aromatic rings. The van der Waals surface area contributed by atoms with E-state index < -0.39 is 29.6 Å². The Hall–Kier alpha value is -2.28. The molecule has 0 aromatic heterocycles. The molecular weight excluding hydrogens is 281 g/mol. The number of ether oxygens (including phenoxy) is 1. The van der Waals surface area contributed by atoms with Crippen LogP contribution in [0.2, 0.25) is 0 Å². The van der Waals surface area contributed by atoms with Gasteiger partial charge in [0.2, 0.25) is 0 Å². The fourth-order valence-corrected chi connectivity index (χ4v) is 2.17. The number of benzene rings is 1. The highest BCUT2D eigenvalue weighted by Gasteiger charge is 2.38. The van der Waals surface area contributed by atoms with Crippen LogP contribution in [0.3, 0.4) is 0 Å². The van der Waals surface area contributed by atoms with Crippen molar-refractivity contribution >= 4 is 23.3 Å². The number of hydrogen-bond acceptors (Lipinski definition) is 5. The van der Waals surface area contributed by atoms with Gasteiger partial charge in [-0.25, -0.2) is 4.39 Å². The van der Waals surface area contributed by atoms with Gasteiger partial charge < -0.3 is 9.84 Å². The first kappa shape index (κ1) is 15.1. The highest BCUT2D eigenvalue weighted by Crippen LogP contribution is 2.31. The molecular formula is C14H14FNO5. The number of rotatable bonds is 5. The summed E-state index contributed by atoms with van der Waals surface area (Å²) in [5, 5.41) is 9.80. The van der Waals surface area contributed by atoms with Gasteiger partial charge >= 0.3 is 5.97 Å². The first-order chi connectivity index (χ1) is 9.95. The fourth-order valence-electron chi connectivity index (χ4n) is 2.17. The summed E-state index contributed by atoms with van der Waals surface area (Å²) in [6.45, 7) is 1.44. The van der Waals surface area contributed by atoms with Crippen LogP contribution in [0.5, 0.6) is 0 Å². The minimum absolute atomic E-state index is 0.0386. The summed E-state index contributed by atoms with van der Waals surface area (Å²) in [5.74, 6) is -3.10. The summed E-state index contributed by atoms with van der Waals surface area (Å²) in [5.41, 5.74) is -0.196. The van der Waals surface area contributed by atoms with Gasteiger partial charge in [-0.15, -0.1) is 0 Å². The number of carbonyl (C=O) groups is 3. The van der Waals surface area contributed by atoms with Crippen LogP contribution in [0.25, 0.3) is 0 Å². The summed E-state index contributed by atoms with van der Waals surface area (Å²) >= 11 is 0. The molecule has 1 heterocycles. The predicted octanol–water partition coefficient (Wildman–Crippen LogP) is 0.669. The molecule has 6 nitrogen and oxygen atoms in total. The monoisotopic (exact) mass is 295 g/mol. The first-order valence-electron chi connectivity index (χ1n) is 6.44. The molecule has 0 fully saturated rings. The van der Waals surface area contributed by atoms with Crippen LogP contribution in [0.1, 0.15) is 23.7 Å². The molecule has 1 N–H and O–H groups in total. The van der Waals surface area contributed by atoms with E-state index in [1.165, 1.54) is 12.1 Å². The van der Waals surface area contributed by atoms with Crippen molar-refractivity contribution in [1.82, 2.24) is 0 Å². The zero-order valence-electron chi connectivity index (χ0n) is 11.3. The SMILES string of the molecule is CCOC(=O)CC(O)CN1C(=O)C(=O)c2cccc(F)c21. The zero-order valence-corrected chi connectivity index (χ0v) is 11.3. The quantitative estimate of drug-likeness (QED) is 0.637. The second-order valence-corrected chi connectivity index (χ2v) is 4.54. The highest BCUT2D eigenvalue weighted by atomic mass is 19.1. The number of amides is 1. The average molecular weight is 295 g/mol. The Balaban J connectivity index is 2.16. The van der Waals surface area contributed by atoms with E-state index in [0.717, 1.165) is 11.0 Å². The van der Waals surface area contributed by atoms with Crippen molar-refractivity contribution in [2.75, 3.05) is 18.1 Å². The molecule has 0 spiro atoms. The Morgan fingerprint density at radius 2 is 2.14 bits per heavy atom. The number of hydrogen-bond donors (Lipinski definition) is 1. The molecule has 1 aliphatic rings. The predicted molar refractivity (Wildman–Crippen MR) is 70.3 cm³/mol. The van der Waals surface area contributed by atoms with Gasteiger partial charge in [0.15, 0.2) is 0 Å². The highest BCUT2D eigenvalue weighted by molar-refractivity contribution is 6.52. The molecule has 0 bridgehead atoms. The normalized spacial score (nSPS) is 15.1. The Kier molecular flexibility index (Phi) is 4.32. The summed E-state index contributed by atoms with van der Waals surface area (Å²) < 4.78 is 18.5. The first-order valence-corrected chi connectivity index (χ1v) is 6.44. The molecule has 1 unspecified atom stereocenters. The van der Waals surface area contributed by atoms with E-state index in [2.05, 4.69) is 4.74 Å². The Morgan fingerprint density at radius 3 is 2.81 bits per heavy atom. The van der Waals surface area contributed by atoms with E-state index >= 15 is 0 Å². The maximum atomic E-state index is 13.8. The van der Waals surface area contributed by atoms with Crippen LogP contribution < -0.4 is 4.90 Å². The van der Waals surface area contributed by atoms with E-state index in [1.54, 1.807) is 6.92 Å². The van der Waals surface area contributed by atoms with Crippen LogP contribution in [0.4, 0.5) is 10.1 Å². The molecule has 21 heavy (non-hydrogen) atoms. The molecule has 1 amide bonds. The van der Waals surface area contributed by atoms with Gasteiger partial charge in [0.05, 0.1) is 36.9 Å². The van der Waals surface area contributed by atoms with E-state index in [-0.39, 0.29) is 30.8 Å². The number of Topliss-reactive ketones (excluding diaryl/α,β-unsaturated/α-hetero) is 1. The van der Waals surface area contributed by atoms with Gasteiger partial charge in [0.1, 0.15) is 5.82 Å². The number of halogens is 1. The number of β-amino-alcohol motifs (C(OH)–C–C–N with tert-alkyl or cyclic N) is 1. The number of fused-ring (bicyclic) bond motifs is 1. The second-order valence-electron chi connectivity index (χ2n) is 4.54. The topological polar surface area (TPSA) is 83.9 Å². The van der Waals surface area contributed by atoms with E-state index in [1.807, 2.05) is 0 Å². The third-order valence-electron chi connectivity index (χ3n) is 3.04. The second kappa shape index (κ2) is 6.01. The Morgan fingerprint density at radius 1 is 1.43 bits per heavy atom. The molecule has 2 rings (SSSR count). The molecule has 7 heteroatoms. The van der Waals surface area contributed by atoms with Crippen LogP contribution in [0.15, 0.2) is 18.2 Å². The van der Waals surface area contributed by atoms with Gasteiger partial charge in [-0.05, 0) is 19.1 Å². The van der Waals surface area contributed by atoms with Crippen LogP contribution >= 0.6 is 0 Å². The lowest BCUT2D eigenvalue weighted by molar-refractivity contribution is -0.145. The number of carbonyl (C=O) groups excluding carboxylic acids is 3. The summed E-state index contributed by atoms with van der Waals surface area (Å²) in [6.07, 6.45) is -1.58. The molecule has 0 aliphatic carbocycles. The van der Waals surface area contributed by atoms with Crippen molar-refractivity contribution in [3.63, 3.8) is 0 Å². The van der Waals surface area contributed by atoms with Crippen molar-refractivity contribution in [3.05, 3.63) is 29.6 Å². The van der Waals surface area contributed by atoms with E-state index in [4.69, 9.17) is 0 Å². The van der Waals surface area contributed by atoms with Crippen molar-refractivity contribution in [1.29, 1.82) is 0 Å². The average Bonchev–Trinajstić information content (AvgIpc) is 2.65. The lowest BCUT2D eigenvalue weighted by atomic mass is 10.1.